The second-order valence-corrected chi connectivity index (χ2v) is 7.63. The molecule has 4 nitrogen and oxygen atoms in total. The van der Waals surface area contributed by atoms with Crippen LogP contribution in [0.5, 0.6) is 0 Å². The first kappa shape index (κ1) is 14.4. The maximum atomic E-state index is 5.99. The predicted octanol–water partition coefficient (Wildman–Crippen LogP) is 3.01. The molecule has 2 aliphatic rings. The number of fused-ring (bicyclic) bond motifs is 1. The van der Waals surface area contributed by atoms with Crippen LogP contribution in [-0.2, 0) is 24.9 Å². The Labute approximate surface area is 135 Å². The van der Waals surface area contributed by atoms with Gasteiger partial charge in [0.25, 0.3) is 0 Å². The van der Waals surface area contributed by atoms with Crippen LogP contribution in [0.1, 0.15) is 34.9 Å². The monoisotopic (exact) mass is 317 g/mol. The van der Waals surface area contributed by atoms with Crippen LogP contribution in [-0.4, -0.2) is 34.4 Å². The summed E-state index contributed by atoms with van der Waals surface area (Å²) in [4.78, 5) is 3.96. The van der Waals surface area contributed by atoms with E-state index in [2.05, 4.69) is 34.6 Å². The van der Waals surface area contributed by atoms with Crippen LogP contribution in [0.15, 0.2) is 23.7 Å². The number of aromatic nitrogens is 2. The van der Waals surface area contributed by atoms with Crippen LogP contribution in [0.25, 0.3) is 0 Å². The summed E-state index contributed by atoms with van der Waals surface area (Å²) in [6, 6.07) is 4.36. The molecule has 1 aliphatic heterocycles. The zero-order valence-electron chi connectivity index (χ0n) is 13.1. The number of nitrogens with zero attached hydrogens (tertiary/aromatic N) is 3. The van der Waals surface area contributed by atoms with Gasteiger partial charge in [0, 0.05) is 49.6 Å². The fourth-order valence-corrected chi connectivity index (χ4v) is 3.99. The van der Waals surface area contributed by atoms with Crippen molar-refractivity contribution in [3.05, 3.63) is 39.8 Å². The van der Waals surface area contributed by atoms with E-state index in [1.165, 1.54) is 29.0 Å². The van der Waals surface area contributed by atoms with Gasteiger partial charge in [0.2, 0.25) is 0 Å². The van der Waals surface area contributed by atoms with Crippen molar-refractivity contribution in [2.24, 2.45) is 13.0 Å². The predicted molar refractivity (Wildman–Crippen MR) is 87.9 cm³/mol. The molecule has 0 amide bonds. The number of ether oxygens (including phenoxy) is 1. The molecule has 0 saturated heterocycles. The van der Waals surface area contributed by atoms with Crippen LogP contribution in [0, 0.1) is 5.92 Å². The maximum Gasteiger partial charge on any atom is 0.0557 e. The first-order valence-electron chi connectivity index (χ1n) is 8.13. The van der Waals surface area contributed by atoms with Gasteiger partial charge in [-0.15, -0.1) is 11.3 Å². The Balaban J connectivity index is 1.46. The van der Waals surface area contributed by atoms with E-state index in [0.717, 1.165) is 38.8 Å². The summed E-state index contributed by atoms with van der Waals surface area (Å²) < 4.78 is 8.02. The van der Waals surface area contributed by atoms with Gasteiger partial charge in [-0.2, -0.15) is 5.10 Å². The average molecular weight is 317 g/mol. The third-order valence-corrected chi connectivity index (χ3v) is 5.58. The zero-order chi connectivity index (χ0) is 14.9. The van der Waals surface area contributed by atoms with Gasteiger partial charge in [0.05, 0.1) is 18.5 Å². The molecule has 1 fully saturated rings. The topological polar surface area (TPSA) is 30.3 Å². The Kier molecular flexibility index (Phi) is 4.03. The van der Waals surface area contributed by atoms with Crippen molar-refractivity contribution < 1.29 is 4.74 Å². The summed E-state index contributed by atoms with van der Waals surface area (Å²) in [6.07, 6.45) is 4.75. The highest BCUT2D eigenvalue weighted by Gasteiger charge is 2.29. The van der Waals surface area contributed by atoms with Gasteiger partial charge >= 0.3 is 0 Å². The molecule has 0 spiro atoms. The van der Waals surface area contributed by atoms with Crippen molar-refractivity contribution in [2.45, 2.75) is 31.8 Å². The number of rotatable bonds is 6. The molecule has 2 aromatic heterocycles. The summed E-state index contributed by atoms with van der Waals surface area (Å²) >= 11 is 1.84. The lowest BCUT2D eigenvalue weighted by Gasteiger charge is -2.32. The van der Waals surface area contributed by atoms with Crippen molar-refractivity contribution in [3.63, 3.8) is 0 Å². The molecule has 0 bridgehead atoms. The highest BCUT2D eigenvalue weighted by molar-refractivity contribution is 7.09. The molecule has 22 heavy (non-hydrogen) atoms. The molecular weight excluding hydrogens is 294 g/mol. The average Bonchev–Trinajstić information content (AvgIpc) is 3.05. The highest BCUT2D eigenvalue weighted by Crippen LogP contribution is 2.32. The lowest BCUT2D eigenvalue weighted by atomic mass is 9.95. The van der Waals surface area contributed by atoms with Crippen molar-refractivity contribution in [2.75, 3.05) is 19.8 Å². The van der Waals surface area contributed by atoms with E-state index >= 15 is 0 Å². The second-order valence-electron chi connectivity index (χ2n) is 6.60. The molecule has 0 aromatic carbocycles. The number of thiophene rings is 1. The summed E-state index contributed by atoms with van der Waals surface area (Å²) in [5.74, 6) is 1.29. The number of aryl methyl sites for hydroxylation is 1. The van der Waals surface area contributed by atoms with E-state index in [1.807, 2.05) is 22.2 Å². The van der Waals surface area contributed by atoms with Crippen LogP contribution >= 0.6 is 11.3 Å². The third kappa shape index (κ3) is 3.12. The van der Waals surface area contributed by atoms with Gasteiger partial charge in [0.1, 0.15) is 0 Å². The van der Waals surface area contributed by atoms with Gasteiger partial charge in [-0.3, -0.25) is 9.58 Å². The Morgan fingerprint density at radius 1 is 1.36 bits per heavy atom. The lowest BCUT2D eigenvalue weighted by molar-refractivity contribution is 0.0887. The fourth-order valence-electron chi connectivity index (χ4n) is 3.25. The molecule has 1 atom stereocenters. The van der Waals surface area contributed by atoms with Gasteiger partial charge < -0.3 is 4.74 Å². The minimum Gasteiger partial charge on any atom is -0.380 e. The molecule has 0 radical (unpaired) electrons. The fraction of sp³-hybridized carbons (Fsp3) is 0.588. The highest BCUT2D eigenvalue weighted by atomic mass is 32.1. The summed E-state index contributed by atoms with van der Waals surface area (Å²) in [5, 5.41) is 6.63. The Bertz CT molecular complexity index is 618. The van der Waals surface area contributed by atoms with Gasteiger partial charge in [-0.1, -0.05) is 6.07 Å². The second kappa shape index (κ2) is 6.14. The normalized spacial score (nSPS) is 22.0. The summed E-state index contributed by atoms with van der Waals surface area (Å²) in [5.41, 5.74) is 2.74. The number of hydrogen-bond donors (Lipinski definition) is 0. The molecular formula is C17H23N3OS. The van der Waals surface area contributed by atoms with Crippen molar-refractivity contribution in [1.82, 2.24) is 14.7 Å². The molecule has 3 heterocycles. The van der Waals surface area contributed by atoms with Crippen LogP contribution in [0.4, 0.5) is 0 Å². The molecule has 118 valence electrons. The van der Waals surface area contributed by atoms with Gasteiger partial charge in [-0.05, 0) is 30.2 Å². The quantitative estimate of drug-likeness (QED) is 0.820. The standard InChI is InChI=1S/C17H23N3OS/c1-19-17-10-20(9-15-3-2-6-22-15)8-14(16(17)7-18-19)12-21-11-13-4-5-13/h2-3,6-7,13-14H,4-5,8-12H2,1H3. The first-order valence-corrected chi connectivity index (χ1v) is 9.01. The van der Waals surface area contributed by atoms with Gasteiger partial charge in [0.15, 0.2) is 0 Å². The minimum absolute atomic E-state index is 0.455. The van der Waals surface area contributed by atoms with Crippen molar-refractivity contribution in [3.8, 4) is 0 Å². The van der Waals surface area contributed by atoms with Crippen LogP contribution < -0.4 is 0 Å². The van der Waals surface area contributed by atoms with E-state index in [-0.39, 0.29) is 0 Å². The molecule has 5 heteroatoms. The third-order valence-electron chi connectivity index (χ3n) is 4.71. The Morgan fingerprint density at radius 3 is 3.05 bits per heavy atom. The van der Waals surface area contributed by atoms with E-state index in [4.69, 9.17) is 4.74 Å². The molecule has 0 N–H and O–H groups in total. The van der Waals surface area contributed by atoms with Crippen molar-refractivity contribution in [1.29, 1.82) is 0 Å². The van der Waals surface area contributed by atoms with Crippen LogP contribution in [0.3, 0.4) is 0 Å². The summed E-state index contributed by atoms with van der Waals surface area (Å²) in [7, 11) is 2.05. The molecule has 1 aliphatic carbocycles. The van der Waals surface area contributed by atoms with Gasteiger partial charge in [-0.25, -0.2) is 0 Å². The van der Waals surface area contributed by atoms with E-state index in [9.17, 15) is 0 Å². The lowest BCUT2D eigenvalue weighted by Crippen LogP contribution is -2.35. The van der Waals surface area contributed by atoms with Crippen LogP contribution in [0.2, 0.25) is 0 Å². The van der Waals surface area contributed by atoms with E-state index in [1.54, 1.807) is 0 Å². The molecule has 4 rings (SSSR count). The Hall–Kier alpha value is -1.17. The maximum absolute atomic E-state index is 5.99. The van der Waals surface area contributed by atoms with E-state index < -0.39 is 0 Å². The zero-order valence-corrected chi connectivity index (χ0v) is 13.9. The largest absolute Gasteiger partial charge is 0.380 e. The minimum atomic E-state index is 0.455. The molecule has 1 saturated carbocycles. The first-order chi connectivity index (χ1) is 10.8. The molecule has 2 aromatic rings. The van der Waals surface area contributed by atoms with Crippen molar-refractivity contribution >= 4 is 11.3 Å². The van der Waals surface area contributed by atoms with E-state index in [0.29, 0.717) is 5.92 Å². The number of hydrogen-bond acceptors (Lipinski definition) is 4. The smallest absolute Gasteiger partial charge is 0.0557 e. The summed E-state index contributed by atoms with van der Waals surface area (Å²) in [6.45, 7) is 4.86. The Morgan fingerprint density at radius 2 is 2.27 bits per heavy atom. The molecule has 1 unspecified atom stereocenters. The SMILES string of the molecule is Cn1ncc2c1CN(Cc1cccs1)CC2COCC1CC1.